The van der Waals surface area contributed by atoms with Crippen molar-refractivity contribution in [1.29, 1.82) is 0 Å². The Morgan fingerprint density at radius 3 is 2.54 bits per heavy atom. The third-order valence-corrected chi connectivity index (χ3v) is 7.45. The molecule has 1 saturated heterocycles. The van der Waals surface area contributed by atoms with E-state index in [1.54, 1.807) is 0 Å². The molecule has 7 nitrogen and oxygen atoms in total. The summed E-state index contributed by atoms with van der Waals surface area (Å²) in [4.78, 5) is 26.3. The van der Waals surface area contributed by atoms with E-state index in [1.807, 2.05) is 4.90 Å². The molecule has 1 saturated carbocycles. The van der Waals surface area contributed by atoms with Gasteiger partial charge in [-0.1, -0.05) is 42.4 Å². The first-order valence-electron chi connectivity index (χ1n) is 10.2. The number of hydrogen-bond donors (Lipinski definition) is 1. The molecule has 1 aliphatic heterocycles. The Hall–Kier alpha value is -1.35. The van der Waals surface area contributed by atoms with Crippen molar-refractivity contribution in [2.24, 2.45) is 0 Å². The van der Waals surface area contributed by atoms with Crippen molar-refractivity contribution in [2.75, 3.05) is 17.7 Å². The monoisotopic (exact) mass is 426 g/mol. The van der Waals surface area contributed by atoms with Crippen LogP contribution in [0.1, 0.15) is 65.2 Å². The van der Waals surface area contributed by atoms with Gasteiger partial charge in [-0.25, -0.2) is 0 Å². The summed E-state index contributed by atoms with van der Waals surface area (Å²) >= 11 is 2.77. The maximum absolute atomic E-state index is 12.4. The Balaban J connectivity index is 1.38. The first-order valence-corrected chi connectivity index (χ1v) is 12.0. The van der Waals surface area contributed by atoms with Gasteiger partial charge in [0.2, 0.25) is 5.13 Å². The number of aromatic nitrogens is 2. The Morgan fingerprint density at radius 2 is 1.82 bits per heavy atom. The van der Waals surface area contributed by atoms with E-state index in [9.17, 15) is 9.59 Å². The molecule has 1 N–H and O–H groups in total. The Kier molecular flexibility index (Phi) is 7.96. The number of carbonyl (C=O) groups excluding carboxylic acids is 2. The first kappa shape index (κ1) is 21.4. The molecule has 3 rings (SSSR count). The van der Waals surface area contributed by atoms with Gasteiger partial charge in [0.1, 0.15) is 0 Å². The predicted octanol–water partition coefficient (Wildman–Crippen LogP) is 3.71. The Morgan fingerprint density at radius 1 is 1.11 bits per heavy atom. The zero-order chi connectivity index (χ0) is 19.9. The molecule has 0 aromatic carbocycles. The quantitative estimate of drug-likeness (QED) is 0.525. The molecule has 0 spiro atoms. The molecule has 2 atom stereocenters. The molecule has 0 unspecified atom stereocenters. The van der Waals surface area contributed by atoms with Gasteiger partial charge in [-0.05, 0) is 46.0 Å². The van der Waals surface area contributed by atoms with Crippen LogP contribution in [0, 0.1) is 0 Å². The lowest BCUT2D eigenvalue weighted by atomic mass is 9.96. The standard InChI is InChI=1S/C19H30N4O3S2/c1-13-7-6-8-14(2)23(13)16(24)11-26-17(25)12-27-19-22-21-18(28-19)20-15-9-4-3-5-10-15/h13-15H,3-12H2,1-2H3,(H,20,21)/t13-,14-/m0/s1. The molecule has 2 aliphatic rings. The largest absolute Gasteiger partial charge is 0.455 e. The summed E-state index contributed by atoms with van der Waals surface area (Å²) in [5.41, 5.74) is 0. The molecule has 0 radical (unpaired) electrons. The fourth-order valence-electron chi connectivity index (χ4n) is 4.04. The highest BCUT2D eigenvalue weighted by Crippen LogP contribution is 2.28. The van der Waals surface area contributed by atoms with Crippen LogP contribution in [0.2, 0.25) is 0 Å². The number of nitrogens with one attached hydrogen (secondary N) is 1. The van der Waals surface area contributed by atoms with Crippen molar-refractivity contribution in [3.8, 4) is 0 Å². The van der Waals surface area contributed by atoms with E-state index in [0.29, 0.717) is 6.04 Å². The van der Waals surface area contributed by atoms with Gasteiger partial charge in [-0.3, -0.25) is 9.59 Å². The van der Waals surface area contributed by atoms with Crippen LogP contribution in [0.5, 0.6) is 0 Å². The molecule has 1 aromatic rings. The van der Waals surface area contributed by atoms with Gasteiger partial charge in [0.25, 0.3) is 5.91 Å². The highest BCUT2D eigenvalue weighted by molar-refractivity contribution is 8.01. The average molecular weight is 427 g/mol. The molecule has 156 valence electrons. The number of thioether (sulfide) groups is 1. The summed E-state index contributed by atoms with van der Waals surface area (Å²) in [7, 11) is 0. The van der Waals surface area contributed by atoms with Crippen LogP contribution >= 0.6 is 23.1 Å². The summed E-state index contributed by atoms with van der Waals surface area (Å²) < 4.78 is 5.93. The van der Waals surface area contributed by atoms with Gasteiger partial charge in [-0.2, -0.15) is 0 Å². The molecular weight excluding hydrogens is 396 g/mol. The lowest BCUT2D eigenvalue weighted by Crippen LogP contribution is -2.49. The first-order chi connectivity index (χ1) is 13.5. The number of amides is 1. The summed E-state index contributed by atoms with van der Waals surface area (Å²) in [6, 6.07) is 0.900. The Bertz CT molecular complexity index is 653. The summed E-state index contributed by atoms with van der Waals surface area (Å²) in [6.45, 7) is 3.93. The van der Waals surface area contributed by atoms with Gasteiger partial charge < -0.3 is 15.0 Å². The second-order valence-corrected chi connectivity index (χ2v) is 9.93. The molecule has 9 heteroatoms. The maximum Gasteiger partial charge on any atom is 0.316 e. The van der Waals surface area contributed by atoms with E-state index in [-0.39, 0.29) is 30.4 Å². The second-order valence-electron chi connectivity index (χ2n) is 7.73. The van der Waals surface area contributed by atoms with Crippen molar-refractivity contribution >= 4 is 40.1 Å². The maximum atomic E-state index is 12.4. The molecule has 1 aliphatic carbocycles. The number of rotatable bonds is 7. The number of carbonyl (C=O) groups is 2. The predicted molar refractivity (Wildman–Crippen MR) is 112 cm³/mol. The lowest BCUT2D eigenvalue weighted by molar-refractivity contribution is -0.153. The van der Waals surface area contributed by atoms with Crippen LogP contribution in [0.15, 0.2) is 4.34 Å². The number of hydrogen-bond acceptors (Lipinski definition) is 8. The van der Waals surface area contributed by atoms with E-state index in [4.69, 9.17) is 4.74 Å². The fourth-order valence-corrected chi connectivity index (χ4v) is 5.67. The normalized spacial score (nSPS) is 23.4. The minimum atomic E-state index is -0.396. The number of esters is 1. The van der Waals surface area contributed by atoms with E-state index in [2.05, 4.69) is 29.4 Å². The third-order valence-electron chi connectivity index (χ3n) is 5.49. The van der Waals surface area contributed by atoms with Crippen LogP contribution in [-0.4, -0.2) is 57.5 Å². The van der Waals surface area contributed by atoms with Crippen LogP contribution in [-0.2, 0) is 14.3 Å². The Labute approximate surface area is 175 Å². The van der Waals surface area contributed by atoms with Crippen LogP contribution in [0.3, 0.4) is 0 Å². The fraction of sp³-hybridized carbons (Fsp3) is 0.789. The highest BCUT2D eigenvalue weighted by atomic mass is 32.2. The van der Waals surface area contributed by atoms with E-state index < -0.39 is 5.97 Å². The van der Waals surface area contributed by atoms with Crippen molar-refractivity contribution in [3.63, 3.8) is 0 Å². The van der Waals surface area contributed by atoms with Crippen molar-refractivity contribution in [1.82, 2.24) is 15.1 Å². The summed E-state index contributed by atoms with van der Waals surface area (Å²) in [5, 5.41) is 12.5. The highest BCUT2D eigenvalue weighted by Gasteiger charge is 2.29. The molecular formula is C19H30N4O3S2. The number of anilines is 1. The number of likely N-dealkylation sites (tertiary alicyclic amines) is 1. The zero-order valence-corrected chi connectivity index (χ0v) is 18.3. The third kappa shape index (κ3) is 6.07. The molecule has 1 aromatic heterocycles. The topological polar surface area (TPSA) is 84.4 Å². The van der Waals surface area contributed by atoms with Gasteiger partial charge in [0.15, 0.2) is 10.9 Å². The minimum Gasteiger partial charge on any atom is -0.455 e. The molecule has 2 fully saturated rings. The van der Waals surface area contributed by atoms with E-state index >= 15 is 0 Å². The second kappa shape index (κ2) is 10.4. The van der Waals surface area contributed by atoms with Crippen molar-refractivity contribution in [3.05, 3.63) is 0 Å². The number of nitrogens with zero attached hydrogens (tertiary/aromatic N) is 3. The van der Waals surface area contributed by atoms with Crippen molar-refractivity contribution < 1.29 is 14.3 Å². The minimum absolute atomic E-state index is 0.104. The van der Waals surface area contributed by atoms with E-state index in [1.165, 1.54) is 55.2 Å². The zero-order valence-electron chi connectivity index (χ0n) is 16.7. The molecule has 28 heavy (non-hydrogen) atoms. The number of ether oxygens (including phenoxy) is 1. The van der Waals surface area contributed by atoms with Gasteiger partial charge >= 0.3 is 5.97 Å². The van der Waals surface area contributed by atoms with Crippen LogP contribution in [0.4, 0.5) is 5.13 Å². The molecule has 1 amide bonds. The van der Waals surface area contributed by atoms with Gasteiger partial charge in [-0.15, -0.1) is 10.2 Å². The van der Waals surface area contributed by atoms with Crippen LogP contribution in [0.25, 0.3) is 0 Å². The smallest absolute Gasteiger partial charge is 0.316 e. The van der Waals surface area contributed by atoms with Gasteiger partial charge in [0, 0.05) is 18.1 Å². The van der Waals surface area contributed by atoms with Crippen molar-refractivity contribution in [2.45, 2.75) is 87.7 Å². The van der Waals surface area contributed by atoms with Crippen LogP contribution < -0.4 is 5.32 Å². The van der Waals surface area contributed by atoms with Gasteiger partial charge in [0.05, 0.1) is 5.75 Å². The SMILES string of the molecule is C[C@H]1CCC[C@H](C)N1C(=O)COC(=O)CSc1nnc(NC2CCCCC2)s1. The number of piperidine rings is 1. The lowest BCUT2D eigenvalue weighted by Gasteiger charge is -2.38. The summed E-state index contributed by atoms with van der Waals surface area (Å²) in [6.07, 6.45) is 9.35. The van der Waals surface area contributed by atoms with E-state index in [0.717, 1.165) is 28.7 Å². The molecule has 2 heterocycles. The molecule has 0 bridgehead atoms. The summed E-state index contributed by atoms with van der Waals surface area (Å²) in [5.74, 6) is -0.364. The average Bonchev–Trinajstić information content (AvgIpc) is 3.12.